The summed E-state index contributed by atoms with van der Waals surface area (Å²) in [6, 6.07) is 0. The molecule has 3 heteroatoms. The van der Waals surface area contributed by atoms with Crippen molar-refractivity contribution in [1.82, 2.24) is 9.78 Å². The Kier molecular flexibility index (Phi) is 3.10. The normalized spacial score (nSPS) is 18.3. The van der Waals surface area contributed by atoms with Gasteiger partial charge in [0.25, 0.3) is 0 Å². The first kappa shape index (κ1) is 10.7. The number of hydrogen-bond donors (Lipinski definition) is 0. The fourth-order valence-corrected chi connectivity index (χ4v) is 2.14. The van der Waals surface area contributed by atoms with E-state index in [2.05, 4.69) is 30.6 Å². The molecule has 0 aromatic carbocycles. The number of hydrogen-bond acceptors (Lipinski definition) is 2. The van der Waals surface area contributed by atoms with Crippen molar-refractivity contribution in [2.75, 3.05) is 13.2 Å². The maximum atomic E-state index is 5.37. The van der Waals surface area contributed by atoms with Crippen molar-refractivity contribution >= 4 is 0 Å². The molecule has 0 unspecified atom stereocenters. The van der Waals surface area contributed by atoms with E-state index in [0.717, 1.165) is 25.7 Å². The summed E-state index contributed by atoms with van der Waals surface area (Å²) in [6.45, 7) is 9.30. The van der Waals surface area contributed by atoms with Gasteiger partial charge in [-0.15, -0.1) is 0 Å². The summed E-state index contributed by atoms with van der Waals surface area (Å²) in [4.78, 5) is 0. The first-order chi connectivity index (χ1) is 7.18. The van der Waals surface area contributed by atoms with E-state index in [4.69, 9.17) is 4.74 Å². The third-order valence-electron chi connectivity index (χ3n) is 3.52. The molecular weight excluding hydrogens is 188 g/mol. The van der Waals surface area contributed by atoms with Gasteiger partial charge in [0.05, 0.1) is 5.69 Å². The fourth-order valence-electron chi connectivity index (χ4n) is 2.14. The van der Waals surface area contributed by atoms with Crippen molar-refractivity contribution in [2.45, 2.75) is 40.2 Å². The lowest BCUT2D eigenvalue weighted by molar-refractivity contribution is 0.0599. The van der Waals surface area contributed by atoms with E-state index < -0.39 is 0 Å². The number of ether oxygens (including phenoxy) is 1. The molecule has 84 valence electrons. The average molecular weight is 208 g/mol. The van der Waals surface area contributed by atoms with E-state index in [1.807, 2.05) is 0 Å². The highest BCUT2D eigenvalue weighted by molar-refractivity contribution is 5.22. The summed E-state index contributed by atoms with van der Waals surface area (Å²) >= 11 is 0. The number of rotatable bonds is 2. The SMILES string of the molecule is Cc1nn(CC2CCOCC2)c(C)c1C. The smallest absolute Gasteiger partial charge is 0.0625 e. The number of nitrogens with zero attached hydrogens (tertiary/aromatic N) is 2. The van der Waals surface area contributed by atoms with Gasteiger partial charge < -0.3 is 4.74 Å². The molecular formula is C12H20N2O. The van der Waals surface area contributed by atoms with E-state index >= 15 is 0 Å². The molecule has 0 bridgehead atoms. The van der Waals surface area contributed by atoms with Crippen LogP contribution in [0.5, 0.6) is 0 Å². The van der Waals surface area contributed by atoms with Crippen LogP contribution in [-0.2, 0) is 11.3 Å². The second-order valence-corrected chi connectivity index (χ2v) is 4.53. The van der Waals surface area contributed by atoms with Gasteiger partial charge in [0.2, 0.25) is 0 Å². The van der Waals surface area contributed by atoms with Crippen molar-refractivity contribution in [3.05, 3.63) is 17.0 Å². The van der Waals surface area contributed by atoms with Gasteiger partial charge in [-0.3, -0.25) is 4.68 Å². The van der Waals surface area contributed by atoms with Gasteiger partial charge in [-0.2, -0.15) is 5.10 Å². The van der Waals surface area contributed by atoms with Crippen molar-refractivity contribution in [1.29, 1.82) is 0 Å². The second kappa shape index (κ2) is 4.35. The van der Waals surface area contributed by atoms with E-state index in [1.165, 1.54) is 29.8 Å². The lowest BCUT2D eigenvalue weighted by Crippen LogP contribution is -2.21. The van der Waals surface area contributed by atoms with Crippen LogP contribution in [0.1, 0.15) is 29.8 Å². The summed E-state index contributed by atoms with van der Waals surface area (Å²) in [5.41, 5.74) is 3.82. The molecule has 0 saturated carbocycles. The fraction of sp³-hybridized carbons (Fsp3) is 0.750. The van der Waals surface area contributed by atoms with Crippen LogP contribution in [0.4, 0.5) is 0 Å². The predicted octanol–water partition coefficient (Wildman–Crippen LogP) is 2.23. The van der Waals surface area contributed by atoms with Crippen LogP contribution < -0.4 is 0 Å². The molecule has 2 heterocycles. The van der Waals surface area contributed by atoms with Gasteiger partial charge in [-0.1, -0.05) is 0 Å². The quantitative estimate of drug-likeness (QED) is 0.745. The Balaban J connectivity index is 2.06. The van der Waals surface area contributed by atoms with Crippen LogP contribution >= 0.6 is 0 Å². The van der Waals surface area contributed by atoms with Gasteiger partial charge in [-0.25, -0.2) is 0 Å². The third kappa shape index (κ3) is 2.23. The van der Waals surface area contributed by atoms with Gasteiger partial charge in [0, 0.05) is 25.5 Å². The molecule has 0 amide bonds. The first-order valence-electron chi connectivity index (χ1n) is 5.77. The lowest BCUT2D eigenvalue weighted by atomic mass is 10.0. The molecule has 0 aliphatic carbocycles. The molecule has 3 nitrogen and oxygen atoms in total. The summed E-state index contributed by atoms with van der Waals surface area (Å²) < 4.78 is 7.53. The second-order valence-electron chi connectivity index (χ2n) is 4.53. The predicted molar refractivity (Wildman–Crippen MR) is 60.0 cm³/mol. The van der Waals surface area contributed by atoms with E-state index in [-0.39, 0.29) is 0 Å². The largest absolute Gasteiger partial charge is 0.381 e. The number of aryl methyl sites for hydroxylation is 1. The van der Waals surface area contributed by atoms with Crippen LogP contribution in [0, 0.1) is 26.7 Å². The zero-order valence-electron chi connectivity index (χ0n) is 9.92. The Bertz CT molecular complexity index is 338. The molecule has 2 rings (SSSR count). The molecule has 0 N–H and O–H groups in total. The van der Waals surface area contributed by atoms with Gasteiger partial charge >= 0.3 is 0 Å². The van der Waals surface area contributed by atoms with Gasteiger partial charge in [-0.05, 0) is 45.1 Å². The Labute approximate surface area is 91.4 Å². The minimum Gasteiger partial charge on any atom is -0.381 e. The summed E-state index contributed by atoms with van der Waals surface area (Å²) in [7, 11) is 0. The molecule has 1 fully saturated rings. The Morgan fingerprint density at radius 3 is 2.47 bits per heavy atom. The van der Waals surface area contributed by atoms with Crippen LogP contribution in [0.25, 0.3) is 0 Å². The Morgan fingerprint density at radius 1 is 1.27 bits per heavy atom. The monoisotopic (exact) mass is 208 g/mol. The topological polar surface area (TPSA) is 27.1 Å². The summed E-state index contributed by atoms with van der Waals surface area (Å²) in [5, 5.41) is 4.58. The van der Waals surface area contributed by atoms with Crippen molar-refractivity contribution in [2.24, 2.45) is 5.92 Å². The minimum absolute atomic E-state index is 0.746. The summed E-state index contributed by atoms with van der Waals surface area (Å²) in [6.07, 6.45) is 2.36. The molecule has 0 spiro atoms. The van der Waals surface area contributed by atoms with Crippen LogP contribution in [0.2, 0.25) is 0 Å². The molecule has 15 heavy (non-hydrogen) atoms. The van der Waals surface area contributed by atoms with Gasteiger partial charge in [0.15, 0.2) is 0 Å². The maximum Gasteiger partial charge on any atom is 0.0625 e. The first-order valence-corrected chi connectivity index (χ1v) is 5.77. The molecule has 1 aliphatic heterocycles. The molecule has 1 aliphatic rings. The zero-order chi connectivity index (χ0) is 10.8. The molecule has 0 radical (unpaired) electrons. The maximum absolute atomic E-state index is 5.37. The van der Waals surface area contributed by atoms with Crippen LogP contribution in [0.3, 0.4) is 0 Å². The summed E-state index contributed by atoms with van der Waals surface area (Å²) in [5.74, 6) is 0.746. The van der Waals surface area contributed by atoms with E-state index in [9.17, 15) is 0 Å². The van der Waals surface area contributed by atoms with Crippen LogP contribution in [-0.4, -0.2) is 23.0 Å². The average Bonchev–Trinajstić information content (AvgIpc) is 2.48. The van der Waals surface area contributed by atoms with Crippen LogP contribution in [0.15, 0.2) is 0 Å². The highest BCUT2D eigenvalue weighted by Crippen LogP contribution is 2.19. The third-order valence-corrected chi connectivity index (χ3v) is 3.52. The Morgan fingerprint density at radius 2 is 1.93 bits per heavy atom. The highest BCUT2D eigenvalue weighted by Gasteiger charge is 2.16. The zero-order valence-corrected chi connectivity index (χ0v) is 9.92. The molecule has 1 saturated heterocycles. The molecule has 0 atom stereocenters. The van der Waals surface area contributed by atoms with Gasteiger partial charge in [0.1, 0.15) is 0 Å². The van der Waals surface area contributed by atoms with E-state index in [1.54, 1.807) is 0 Å². The highest BCUT2D eigenvalue weighted by atomic mass is 16.5. The molecule has 1 aromatic heterocycles. The van der Waals surface area contributed by atoms with Crippen molar-refractivity contribution in [3.63, 3.8) is 0 Å². The van der Waals surface area contributed by atoms with Crippen molar-refractivity contribution in [3.8, 4) is 0 Å². The van der Waals surface area contributed by atoms with E-state index in [0.29, 0.717) is 0 Å². The minimum atomic E-state index is 0.746. The molecule has 1 aromatic rings. The Hall–Kier alpha value is -0.830. The van der Waals surface area contributed by atoms with Crippen molar-refractivity contribution < 1.29 is 4.74 Å². The standard InChI is InChI=1S/C12H20N2O/c1-9-10(2)13-14(11(9)3)8-12-4-6-15-7-5-12/h12H,4-8H2,1-3H3. The number of aromatic nitrogens is 2. The lowest BCUT2D eigenvalue weighted by Gasteiger charge is -2.22.